The number of hydrogen-bond donors (Lipinski definition) is 2. The van der Waals surface area contributed by atoms with Crippen LogP contribution in [0.2, 0.25) is 0 Å². The highest BCUT2D eigenvalue weighted by Crippen LogP contribution is 2.25. The molecule has 2 atom stereocenters. The van der Waals surface area contributed by atoms with E-state index in [0.717, 1.165) is 38.1 Å². The smallest absolute Gasteiger partial charge is 0.225 e. The van der Waals surface area contributed by atoms with Crippen molar-refractivity contribution in [1.29, 1.82) is 0 Å². The summed E-state index contributed by atoms with van der Waals surface area (Å²) in [4.78, 5) is 31.4. The molecular weight excluding hydrogens is 354 g/mol. The number of carbonyl (C=O) groups excluding carboxylic acids is 2. The minimum absolute atomic E-state index is 0. The summed E-state index contributed by atoms with van der Waals surface area (Å²) in [5.41, 5.74) is 0. The molecule has 1 aromatic heterocycles. The summed E-state index contributed by atoms with van der Waals surface area (Å²) in [6.07, 6.45) is 8.22. The number of halogens is 1. The first-order valence-corrected chi connectivity index (χ1v) is 9.34. The van der Waals surface area contributed by atoms with Crippen LogP contribution >= 0.6 is 12.4 Å². The third-order valence-electron chi connectivity index (χ3n) is 5.32. The Morgan fingerprint density at radius 3 is 2.77 bits per heavy atom. The largest absolute Gasteiger partial charge is 0.353 e. The van der Waals surface area contributed by atoms with Gasteiger partial charge >= 0.3 is 0 Å². The number of nitrogens with one attached hydrogen (secondary N) is 2. The molecule has 1 saturated heterocycles. The Morgan fingerprint density at radius 2 is 2.12 bits per heavy atom. The van der Waals surface area contributed by atoms with Crippen LogP contribution in [0.25, 0.3) is 0 Å². The zero-order valence-electron chi connectivity index (χ0n) is 15.6. The Hall–Kier alpha value is -1.60. The van der Waals surface area contributed by atoms with E-state index in [-0.39, 0.29) is 42.2 Å². The SMILES string of the molecule is CC(CC(=O)N1CCNCC1c1nccn1C)NC(=O)C1CCCC1.Cl. The molecule has 0 radical (unpaired) electrons. The van der Waals surface area contributed by atoms with Gasteiger partial charge in [-0.15, -0.1) is 12.4 Å². The van der Waals surface area contributed by atoms with Crippen LogP contribution in [0.3, 0.4) is 0 Å². The lowest BCUT2D eigenvalue weighted by atomic mass is 10.1. The van der Waals surface area contributed by atoms with Gasteiger partial charge in [0.05, 0.1) is 0 Å². The van der Waals surface area contributed by atoms with Gasteiger partial charge in [-0.3, -0.25) is 9.59 Å². The summed E-state index contributed by atoms with van der Waals surface area (Å²) < 4.78 is 1.96. The number of hydrogen-bond acceptors (Lipinski definition) is 4. The third kappa shape index (κ3) is 4.76. The van der Waals surface area contributed by atoms with Crippen molar-refractivity contribution in [1.82, 2.24) is 25.1 Å². The van der Waals surface area contributed by atoms with E-state index < -0.39 is 0 Å². The van der Waals surface area contributed by atoms with Crippen LogP contribution in [0.5, 0.6) is 0 Å². The van der Waals surface area contributed by atoms with Crippen molar-refractivity contribution in [2.45, 2.75) is 51.1 Å². The van der Waals surface area contributed by atoms with Crippen LogP contribution in [-0.2, 0) is 16.6 Å². The first-order valence-electron chi connectivity index (χ1n) is 9.34. The van der Waals surface area contributed by atoms with E-state index in [9.17, 15) is 9.59 Å². The van der Waals surface area contributed by atoms with E-state index in [1.807, 2.05) is 29.6 Å². The van der Waals surface area contributed by atoms with Crippen LogP contribution in [0, 0.1) is 5.92 Å². The number of amides is 2. The monoisotopic (exact) mass is 383 g/mol. The van der Waals surface area contributed by atoms with Gasteiger partial charge in [0.2, 0.25) is 11.8 Å². The van der Waals surface area contributed by atoms with Gasteiger partial charge in [-0.05, 0) is 19.8 Å². The predicted octanol–water partition coefficient (Wildman–Crippen LogP) is 1.40. The standard InChI is InChI=1S/C18H29N5O2.ClH/c1-13(21-18(25)14-5-3-4-6-14)11-16(24)23-10-7-19-12-15(23)17-20-8-9-22(17)2;/h8-9,13-15,19H,3-7,10-12H2,1-2H3,(H,21,25);1H. The second kappa shape index (κ2) is 9.37. The molecule has 0 aromatic carbocycles. The fourth-order valence-corrected chi connectivity index (χ4v) is 3.91. The van der Waals surface area contributed by atoms with Crippen molar-refractivity contribution >= 4 is 24.2 Å². The summed E-state index contributed by atoms with van der Waals surface area (Å²) >= 11 is 0. The fraction of sp³-hybridized carbons (Fsp3) is 0.722. The second-order valence-electron chi connectivity index (χ2n) is 7.30. The average molecular weight is 384 g/mol. The van der Waals surface area contributed by atoms with Gasteiger partial charge < -0.3 is 20.1 Å². The molecule has 146 valence electrons. The molecular formula is C18H30ClN5O2. The molecule has 2 heterocycles. The highest BCUT2D eigenvalue weighted by Gasteiger charge is 2.31. The molecule has 2 unspecified atom stereocenters. The van der Waals surface area contributed by atoms with E-state index in [1.54, 1.807) is 6.20 Å². The summed E-state index contributed by atoms with van der Waals surface area (Å²) in [5, 5.41) is 6.37. The van der Waals surface area contributed by atoms with Gasteiger partial charge in [0.1, 0.15) is 11.9 Å². The van der Waals surface area contributed by atoms with Crippen LogP contribution in [0.1, 0.15) is 50.9 Å². The molecule has 0 bridgehead atoms. The van der Waals surface area contributed by atoms with Crippen molar-refractivity contribution < 1.29 is 9.59 Å². The number of nitrogens with zero attached hydrogens (tertiary/aromatic N) is 3. The summed E-state index contributed by atoms with van der Waals surface area (Å²) in [6, 6.07) is -0.198. The number of piperazine rings is 1. The molecule has 0 spiro atoms. The molecule has 1 saturated carbocycles. The quantitative estimate of drug-likeness (QED) is 0.805. The van der Waals surface area contributed by atoms with Crippen molar-refractivity contribution in [2.24, 2.45) is 13.0 Å². The molecule has 3 rings (SSSR count). The van der Waals surface area contributed by atoms with E-state index in [2.05, 4.69) is 15.6 Å². The zero-order valence-corrected chi connectivity index (χ0v) is 16.4. The first-order chi connectivity index (χ1) is 12.1. The topological polar surface area (TPSA) is 79.3 Å². The van der Waals surface area contributed by atoms with Gasteiger partial charge in [0.25, 0.3) is 0 Å². The van der Waals surface area contributed by atoms with E-state index in [0.29, 0.717) is 19.5 Å². The number of imidazole rings is 1. The predicted molar refractivity (Wildman–Crippen MR) is 102 cm³/mol. The van der Waals surface area contributed by atoms with E-state index in [1.165, 1.54) is 0 Å². The highest BCUT2D eigenvalue weighted by atomic mass is 35.5. The van der Waals surface area contributed by atoms with Crippen LogP contribution in [0.15, 0.2) is 12.4 Å². The van der Waals surface area contributed by atoms with Gasteiger partial charge in [-0.1, -0.05) is 12.8 Å². The molecule has 1 aromatic rings. The molecule has 2 aliphatic rings. The lowest BCUT2D eigenvalue weighted by Crippen LogP contribution is -2.51. The maximum absolute atomic E-state index is 12.8. The Balaban J connectivity index is 0.00000243. The second-order valence-corrected chi connectivity index (χ2v) is 7.30. The lowest BCUT2D eigenvalue weighted by Gasteiger charge is -2.36. The van der Waals surface area contributed by atoms with Gasteiger partial charge in [0.15, 0.2) is 0 Å². The average Bonchev–Trinajstić information content (AvgIpc) is 3.26. The van der Waals surface area contributed by atoms with E-state index >= 15 is 0 Å². The van der Waals surface area contributed by atoms with Crippen molar-refractivity contribution in [2.75, 3.05) is 19.6 Å². The molecule has 7 nitrogen and oxygen atoms in total. The maximum Gasteiger partial charge on any atom is 0.225 e. The van der Waals surface area contributed by atoms with E-state index in [4.69, 9.17) is 0 Å². The Labute approximate surface area is 161 Å². The molecule has 2 N–H and O–H groups in total. The molecule has 2 fully saturated rings. The number of aryl methyl sites for hydroxylation is 1. The van der Waals surface area contributed by atoms with Gasteiger partial charge in [0, 0.05) is 57.5 Å². The number of aromatic nitrogens is 2. The lowest BCUT2D eigenvalue weighted by molar-refractivity contribution is -0.135. The van der Waals surface area contributed by atoms with Crippen molar-refractivity contribution in [3.8, 4) is 0 Å². The molecule has 2 amide bonds. The van der Waals surface area contributed by atoms with Crippen LogP contribution in [0.4, 0.5) is 0 Å². The highest BCUT2D eigenvalue weighted by molar-refractivity contribution is 5.85. The molecule has 1 aliphatic heterocycles. The minimum Gasteiger partial charge on any atom is -0.353 e. The minimum atomic E-state index is -0.141. The molecule has 8 heteroatoms. The Kier molecular flexibility index (Phi) is 7.46. The van der Waals surface area contributed by atoms with Gasteiger partial charge in [-0.2, -0.15) is 0 Å². The molecule has 26 heavy (non-hydrogen) atoms. The number of rotatable bonds is 5. The third-order valence-corrected chi connectivity index (χ3v) is 5.32. The Bertz CT molecular complexity index is 614. The van der Waals surface area contributed by atoms with Crippen LogP contribution < -0.4 is 10.6 Å². The van der Waals surface area contributed by atoms with Crippen LogP contribution in [-0.4, -0.2) is 51.9 Å². The Morgan fingerprint density at radius 1 is 1.38 bits per heavy atom. The van der Waals surface area contributed by atoms with Gasteiger partial charge in [-0.25, -0.2) is 4.98 Å². The fourth-order valence-electron chi connectivity index (χ4n) is 3.91. The summed E-state index contributed by atoms with van der Waals surface area (Å²) in [5.74, 6) is 1.22. The summed E-state index contributed by atoms with van der Waals surface area (Å²) in [7, 11) is 1.95. The normalized spacial score (nSPS) is 21.9. The number of carbonyl (C=O) groups is 2. The maximum atomic E-state index is 12.8. The van der Waals surface area contributed by atoms with Crippen molar-refractivity contribution in [3.05, 3.63) is 18.2 Å². The zero-order chi connectivity index (χ0) is 17.8. The van der Waals surface area contributed by atoms with Crippen molar-refractivity contribution in [3.63, 3.8) is 0 Å². The molecule has 1 aliphatic carbocycles. The first kappa shape index (κ1) is 20.7. The summed E-state index contributed by atoms with van der Waals surface area (Å²) in [6.45, 7) is 4.08.